The summed E-state index contributed by atoms with van der Waals surface area (Å²) in [5.41, 5.74) is -0.680. The summed E-state index contributed by atoms with van der Waals surface area (Å²) in [5, 5.41) is 10.8. The van der Waals surface area contributed by atoms with Gasteiger partial charge in [-0.2, -0.15) is 0 Å². The highest BCUT2D eigenvalue weighted by molar-refractivity contribution is 6.29. The average molecular weight is 298 g/mol. The molecule has 20 heavy (non-hydrogen) atoms. The monoisotopic (exact) mass is 297 g/mol. The molecule has 1 saturated carbocycles. The lowest BCUT2D eigenvalue weighted by atomic mass is 9.61. The van der Waals surface area contributed by atoms with Crippen molar-refractivity contribution < 1.29 is 9.84 Å². The molecule has 2 aliphatic heterocycles. The summed E-state index contributed by atoms with van der Waals surface area (Å²) in [6.07, 6.45) is 2.02. The van der Waals surface area contributed by atoms with Crippen molar-refractivity contribution in [1.29, 1.82) is 0 Å². The van der Waals surface area contributed by atoms with Crippen LogP contribution in [-0.4, -0.2) is 40.4 Å². The highest BCUT2D eigenvalue weighted by atomic mass is 35.5. The van der Waals surface area contributed by atoms with E-state index >= 15 is 0 Å². The van der Waals surface area contributed by atoms with Gasteiger partial charge in [0.25, 0.3) is 0 Å². The van der Waals surface area contributed by atoms with Gasteiger partial charge in [-0.25, -0.2) is 9.97 Å². The number of ether oxygens (including phenoxy) is 1. The molecule has 0 amide bonds. The van der Waals surface area contributed by atoms with Crippen LogP contribution in [0.25, 0.3) is 0 Å². The molecular formula is C14H20ClN3O2. The summed E-state index contributed by atoms with van der Waals surface area (Å²) in [5.74, 6) is 1.43. The number of aliphatic hydroxyl groups is 1. The Morgan fingerprint density at radius 2 is 2.20 bits per heavy atom. The number of methoxy groups -OCH3 is 1. The molecule has 1 aromatic rings. The lowest BCUT2D eigenvalue weighted by Gasteiger charge is -2.45. The van der Waals surface area contributed by atoms with Gasteiger partial charge < -0.3 is 14.7 Å². The number of halogens is 1. The molecule has 5 nitrogen and oxygen atoms in total. The molecule has 0 atom stereocenters. The van der Waals surface area contributed by atoms with E-state index in [1.165, 1.54) is 0 Å². The van der Waals surface area contributed by atoms with Gasteiger partial charge in [0, 0.05) is 31.2 Å². The van der Waals surface area contributed by atoms with E-state index in [2.05, 4.69) is 14.9 Å². The molecule has 1 aliphatic carbocycles. The Balaban J connectivity index is 1.86. The number of nitrogens with zero attached hydrogens (tertiary/aromatic N) is 3. The molecule has 0 unspecified atom stereocenters. The van der Waals surface area contributed by atoms with Crippen LogP contribution in [0.3, 0.4) is 0 Å². The first kappa shape index (κ1) is 14.0. The van der Waals surface area contributed by atoms with Crippen molar-refractivity contribution in [2.24, 2.45) is 5.41 Å². The zero-order chi connectivity index (χ0) is 14.5. The number of rotatable bonds is 4. The molecule has 3 fully saturated rings. The molecule has 3 aliphatic rings. The molecule has 110 valence electrons. The maximum absolute atomic E-state index is 10.4. The molecule has 0 radical (unpaired) electrons. The van der Waals surface area contributed by atoms with E-state index in [1.54, 1.807) is 13.2 Å². The van der Waals surface area contributed by atoms with Crippen LogP contribution in [-0.2, 0) is 11.3 Å². The van der Waals surface area contributed by atoms with E-state index in [-0.39, 0.29) is 5.41 Å². The minimum atomic E-state index is -0.662. The Labute approximate surface area is 123 Å². The van der Waals surface area contributed by atoms with Crippen LogP contribution in [0.1, 0.15) is 32.5 Å². The van der Waals surface area contributed by atoms with Gasteiger partial charge in [0.2, 0.25) is 0 Å². The zero-order valence-electron chi connectivity index (χ0n) is 12.1. The molecule has 0 aromatic carbocycles. The summed E-state index contributed by atoms with van der Waals surface area (Å²) in [7, 11) is 1.61. The SMILES string of the molecule is COCc1nc(Cl)cc(N2CC3(C(C)(C)O)CC2C3)n1. The van der Waals surface area contributed by atoms with E-state index in [1.807, 2.05) is 13.8 Å². The van der Waals surface area contributed by atoms with Gasteiger partial charge in [-0.15, -0.1) is 0 Å². The minimum absolute atomic E-state index is 0.0173. The number of anilines is 1. The maximum Gasteiger partial charge on any atom is 0.158 e. The van der Waals surface area contributed by atoms with Gasteiger partial charge in [0.1, 0.15) is 17.6 Å². The van der Waals surface area contributed by atoms with Crippen molar-refractivity contribution in [3.05, 3.63) is 17.0 Å². The van der Waals surface area contributed by atoms with Crippen molar-refractivity contribution in [3.8, 4) is 0 Å². The molecule has 3 heterocycles. The first-order chi connectivity index (χ1) is 9.34. The average Bonchev–Trinajstić information content (AvgIpc) is 2.82. The van der Waals surface area contributed by atoms with Crippen LogP contribution in [0, 0.1) is 5.41 Å². The molecule has 1 N–H and O–H groups in total. The second-order valence-corrected chi connectivity index (χ2v) is 6.81. The molecule has 2 saturated heterocycles. The van der Waals surface area contributed by atoms with Gasteiger partial charge in [-0.05, 0) is 26.7 Å². The van der Waals surface area contributed by atoms with E-state index in [0.717, 1.165) is 25.2 Å². The van der Waals surface area contributed by atoms with Gasteiger partial charge in [-0.3, -0.25) is 0 Å². The zero-order valence-corrected chi connectivity index (χ0v) is 12.8. The Hall–Kier alpha value is -0.910. The van der Waals surface area contributed by atoms with Crippen LogP contribution in [0.5, 0.6) is 0 Å². The Morgan fingerprint density at radius 3 is 2.75 bits per heavy atom. The fourth-order valence-corrected chi connectivity index (χ4v) is 3.60. The third-order valence-corrected chi connectivity index (χ3v) is 4.95. The third-order valence-electron chi connectivity index (χ3n) is 4.76. The van der Waals surface area contributed by atoms with Gasteiger partial charge in [0.05, 0.1) is 5.60 Å². The molecule has 1 aromatic heterocycles. The summed E-state index contributed by atoms with van der Waals surface area (Å²) in [4.78, 5) is 10.9. The van der Waals surface area contributed by atoms with Crippen molar-refractivity contribution >= 4 is 17.4 Å². The van der Waals surface area contributed by atoms with Gasteiger partial charge in [-0.1, -0.05) is 11.6 Å². The number of hydrogen-bond donors (Lipinski definition) is 1. The van der Waals surface area contributed by atoms with Crippen LogP contribution in [0.4, 0.5) is 5.82 Å². The largest absolute Gasteiger partial charge is 0.390 e. The van der Waals surface area contributed by atoms with Gasteiger partial charge in [0.15, 0.2) is 5.82 Å². The lowest BCUT2D eigenvalue weighted by molar-refractivity contribution is -0.0754. The maximum atomic E-state index is 10.4. The second-order valence-electron chi connectivity index (χ2n) is 6.43. The van der Waals surface area contributed by atoms with Gasteiger partial charge >= 0.3 is 0 Å². The van der Waals surface area contributed by atoms with E-state index in [9.17, 15) is 5.11 Å². The highest BCUT2D eigenvalue weighted by Gasteiger charge is 2.62. The minimum Gasteiger partial charge on any atom is -0.390 e. The lowest BCUT2D eigenvalue weighted by Crippen LogP contribution is -2.50. The van der Waals surface area contributed by atoms with E-state index in [0.29, 0.717) is 23.6 Å². The summed E-state index contributed by atoms with van der Waals surface area (Å²) in [6, 6.07) is 2.24. The van der Waals surface area contributed by atoms with Crippen LogP contribution in [0.15, 0.2) is 6.07 Å². The normalized spacial score (nSPS) is 28.6. The Bertz CT molecular complexity index is 524. The quantitative estimate of drug-likeness (QED) is 0.862. The first-order valence-electron chi connectivity index (χ1n) is 6.86. The third kappa shape index (κ3) is 2.08. The first-order valence-corrected chi connectivity index (χ1v) is 7.24. The van der Waals surface area contributed by atoms with Crippen molar-refractivity contribution in [3.63, 3.8) is 0 Å². The number of aromatic nitrogens is 2. The molecule has 0 spiro atoms. The molecule has 4 rings (SSSR count). The number of hydrogen-bond acceptors (Lipinski definition) is 5. The highest BCUT2D eigenvalue weighted by Crippen LogP contribution is 2.58. The summed E-state index contributed by atoms with van der Waals surface area (Å²) >= 11 is 6.07. The predicted octanol–water partition coefficient (Wildman–Crippen LogP) is 2.02. The molecule has 2 bridgehead atoms. The topological polar surface area (TPSA) is 58.5 Å². The standard InChI is InChI=1S/C14H20ClN3O2/c1-13(2,19)14-5-9(6-14)18(8-14)12-4-10(15)16-11(17-12)7-20-3/h4,9,19H,5-8H2,1-3H3. The van der Waals surface area contributed by atoms with Crippen molar-refractivity contribution in [2.45, 2.75) is 44.9 Å². The summed E-state index contributed by atoms with van der Waals surface area (Å²) in [6.45, 7) is 4.97. The molecular weight excluding hydrogens is 278 g/mol. The fourth-order valence-electron chi connectivity index (χ4n) is 3.40. The Morgan fingerprint density at radius 1 is 1.50 bits per heavy atom. The predicted molar refractivity (Wildman–Crippen MR) is 76.9 cm³/mol. The van der Waals surface area contributed by atoms with Crippen LogP contribution >= 0.6 is 11.6 Å². The smallest absolute Gasteiger partial charge is 0.158 e. The van der Waals surface area contributed by atoms with E-state index < -0.39 is 5.60 Å². The van der Waals surface area contributed by atoms with Crippen LogP contribution in [0.2, 0.25) is 5.15 Å². The van der Waals surface area contributed by atoms with Crippen molar-refractivity contribution in [1.82, 2.24) is 9.97 Å². The van der Waals surface area contributed by atoms with Crippen molar-refractivity contribution in [2.75, 3.05) is 18.6 Å². The summed E-state index contributed by atoms with van der Waals surface area (Å²) < 4.78 is 5.07. The Kier molecular flexibility index (Phi) is 3.19. The van der Waals surface area contributed by atoms with Crippen LogP contribution < -0.4 is 4.90 Å². The molecule has 6 heteroatoms. The second kappa shape index (κ2) is 4.55. The number of fused-ring (bicyclic) bond motifs is 1. The van der Waals surface area contributed by atoms with E-state index in [4.69, 9.17) is 16.3 Å². The fraction of sp³-hybridized carbons (Fsp3) is 0.714.